The zero-order valence-electron chi connectivity index (χ0n) is 17.8. The van der Waals surface area contributed by atoms with Gasteiger partial charge in [-0.3, -0.25) is 14.5 Å². The Bertz CT molecular complexity index is 1020. The van der Waals surface area contributed by atoms with Crippen LogP contribution in [-0.4, -0.2) is 79.6 Å². The molecule has 0 radical (unpaired) electrons. The number of ether oxygens (including phenoxy) is 1. The molecule has 32 heavy (non-hydrogen) atoms. The number of hydrogen-bond acceptors (Lipinski definition) is 6. The van der Waals surface area contributed by atoms with Gasteiger partial charge in [-0.25, -0.2) is 8.42 Å². The van der Waals surface area contributed by atoms with E-state index in [2.05, 4.69) is 5.32 Å². The molecule has 172 valence electrons. The van der Waals surface area contributed by atoms with Crippen LogP contribution in [0.2, 0.25) is 0 Å². The molecular weight excluding hydrogens is 434 g/mol. The summed E-state index contributed by atoms with van der Waals surface area (Å²) in [5.74, 6) is -0.832. The first-order valence-electron chi connectivity index (χ1n) is 10.2. The van der Waals surface area contributed by atoms with Crippen molar-refractivity contribution in [2.75, 3.05) is 39.0 Å². The lowest BCUT2D eigenvalue weighted by Gasteiger charge is -2.36. The first-order valence-corrected chi connectivity index (χ1v) is 12.1. The van der Waals surface area contributed by atoms with Gasteiger partial charge < -0.3 is 15.2 Å². The Morgan fingerprint density at radius 2 is 1.66 bits per heavy atom. The van der Waals surface area contributed by atoms with E-state index in [0.717, 1.165) is 11.8 Å². The quantitative estimate of drug-likeness (QED) is 0.573. The third-order valence-corrected chi connectivity index (χ3v) is 6.59. The average molecular weight is 462 g/mol. The lowest BCUT2D eigenvalue weighted by atomic mass is 10.1. The van der Waals surface area contributed by atoms with Crippen molar-refractivity contribution in [3.63, 3.8) is 0 Å². The second kappa shape index (κ2) is 10.6. The second-order valence-electron chi connectivity index (χ2n) is 7.56. The molecule has 3 rings (SSSR count). The van der Waals surface area contributed by atoms with Gasteiger partial charge in [-0.15, -0.1) is 0 Å². The van der Waals surface area contributed by atoms with Crippen molar-refractivity contribution in [3.8, 4) is 5.75 Å². The number of nitrogens with one attached hydrogen (secondary N) is 1. The lowest BCUT2D eigenvalue weighted by molar-refractivity contribution is -0.143. The van der Waals surface area contributed by atoms with Crippen LogP contribution in [0.3, 0.4) is 0 Å². The maximum Gasteiger partial charge on any atom is 0.322 e. The van der Waals surface area contributed by atoms with Crippen molar-refractivity contribution < 1.29 is 27.9 Å². The van der Waals surface area contributed by atoms with E-state index in [0.29, 0.717) is 17.9 Å². The summed E-state index contributed by atoms with van der Waals surface area (Å²) in [6, 6.07) is 15.4. The molecule has 0 aliphatic carbocycles. The highest BCUT2D eigenvalue weighted by molar-refractivity contribution is 7.88. The number of rotatable bonds is 9. The Morgan fingerprint density at radius 3 is 2.22 bits per heavy atom. The monoisotopic (exact) mass is 461 g/mol. The smallest absolute Gasteiger partial charge is 0.322 e. The van der Waals surface area contributed by atoms with E-state index in [-0.39, 0.29) is 38.6 Å². The number of amides is 1. The molecule has 1 saturated heterocycles. The summed E-state index contributed by atoms with van der Waals surface area (Å²) in [4.78, 5) is 25.9. The molecule has 1 aliphatic rings. The summed E-state index contributed by atoms with van der Waals surface area (Å²) in [5, 5.41) is 12.2. The molecule has 1 amide bonds. The number of carbonyl (C=O) groups is 2. The maximum atomic E-state index is 12.5. The Morgan fingerprint density at radius 1 is 1.03 bits per heavy atom. The van der Waals surface area contributed by atoms with Crippen molar-refractivity contribution in [1.29, 1.82) is 0 Å². The largest absolute Gasteiger partial charge is 0.489 e. The molecule has 2 aromatic carbocycles. The number of aliphatic carboxylic acids is 1. The fourth-order valence-electron chi connectivity index (χ4n) is 3.45. The van der Waals surface area contributed by atoms with Gasteiger partial charge in [-0.05, 0) is 29.8 Å². The van der Waals surface area contributed by atoms with E-state index in [9.17, 15) is 23.1 Å². The number of hydrogen-bond donors (Lipinski definition) is 2. The molecule has 10 heteroatoms. The predicted molar refractivity (Wildman–Crippen MR) is 119 cm³/mol. The minimum absolute atomic E-state index is 0.0840. The molecule has 0 unspecified atom stereocenters. The Kier molecular flexibility index (Phi) is 7.84. The van der Waals surface area contributed by atoms with E-state index < -0.39 is 22.0 Å². The molecule has 2 aromatic rings. The van der Waals surface area contributed by atoms with E-state index in [1.165, 1.54) is 4.31 Å². The van der Waals surface area contributed by atoms with Gasteiger partial charge in [-0.1, -0.05) is 30.3 Å². The first-order chi connectivity index (χ1) is 15.2. The molecule has 0 spiro atoms. The van der Waals surface area contributed by atoms with Crippen LogP contribution in [-0.2, 0) is 21.4 Å². The van der Waals surface area contributed by atoms with E-state index in [4.69, 9.17) is 4.74 Å². The van der Waals surface area contributed by atoms with Crippen molar-refractivity contribution in [2.45, 2.75) is 12.6 Å². The number of piperazine rings is 1. The van der Waals surface area contributed by atoms with Crippen LogP contribution in [0, 0.1) is 0 Å². The van der Waals surface area contributed by atoms with Gasteiger partial charge >= 0.3 is 5.97 Å². The molecule has 1 heterocycles. The van der Waals surface area contributed by atoms with Gasteiger partial charge in [0.15, 0.2) is 0 Å². The van der Waals surface area contributed by atoms with Crippen LogP contribution in [0.1, 0.15) is 15.9 Å². The van der Waals surface area contributed by atoms with Crippen molar-refractivity contribution in [2.24, 2.45) is 0 Å². The maximum absolute atomic E-state index is 12.5. The lowest BCUT2D eigenvalue weighted by Crippen LogP contribution is -2.56. The summed E-state index contributed by atoms with van der Waals surface area (Å²) in [6.07, 6.45) is 1.13. The average Bonchev–Trinajstić information content (AvgIpc) is 2.78. The summed E-state index contributed by atoms with van der Waals surface area (Å²) in [6.45, 7) is 1.35. The molecule has 1 fully saturated rings. The summed E-state index contributed by atoms with van der Waals surface area (Å²) in [5.41, 5.74) is 1.43. The minimum atomic E-state index is -3.30. The number of carboxylic acid groups (broad SMARTS) is 1. The number of carbonyl (C=O) groups excluding carboxylic acids is 1. The molecule has 0 saturated carbocycles. The number of benzene rings is 2. The SMILES string of the molecule is CS(=O)(=O)N1CCN([C@@H](CNC(=O)c2ccc(OCc3ccccc3)cc2)C(=O)O)CC1. The van der Waals surface area contributed by atoms with Crippen molar-refractivity contribution >= 4 is 21.9 Å². The van der Waals surface area contributed by atoms with Crippen LogP contribution in [0.5, 0.6) is 5.75 Å². The molecule has 1 atom stereocenters. The molecule has 0 aromatic heterocycles. The molecular formula is C22H27N3O6S. The Labute approximate surface area is 187 Å². The van der Waals surface area contributed by atoms with Gasteiger partial charge in [0.2, 0.25) is 10.0 Å². The molecule has 2 N–H and O–H groups in total. The normalized spacial score (nSPS) is 16.3. The van der Waals surface area contributed by atoms with Crippen LogP contribution >= 0.6 is 0 Å². The van der Waals surface area contributed by atoms with Gasteiger partial charge in [0.05, 0.1) is 6.26 Å². The second-order valence-corrected chi connectivity index (χ2v) is 9.54. The Hall–Kier alpha value is -2.95. The third-order valence-electron chi connectivity index (χ3n) is 5.29. The van der Waals surface area contributed by atoms with Crippen molar-refractivity contribution in [3.05, 3.63) is 65.7 Å². The van der Waals surface area contributed by atoms with Crippen molar-refractivity contribution in [1.82, 2.24) is 14.5 Å². The molecule has 0 bridgehead atoms. The molecule has 9 nitrogen and oxygen atoms in total. The zero-order valence-corrected chi connectivity index (χ0v) is 18.6. The standard InChI is InChI=1S/C22H27N3O6S/c1-32(29,30)25-13-11-24(12-14-25)20(22(27)28)15-23-21(26)18-7-9-19(10-8-18)31-16-17-5-3-2-4-6-17/h2-10,20H,11-16H2,1H3,(H,23,26)(H,27,28)/t20-/m0/s1. The van der Waals surface area contributed by atoms with Crippen LogP contribution in [0.25, 0.3) is 0 Å². The van der Waals surface area contributed by atoms with Gasteiger partial charge in [0, 0.05) is 38.3 Å². The predicted octanol–water partition coefficient (Wildman–Crippen LogP) is 1.03. The summed E-state index contributed by atoms with van der Waals surface area (Å²) in [7, 11) is -3.30. The topological polar surface area (TPSA) is 116 Å². The molecule has 1 aliphatic heterocycles. The summed E-state index contributed by atoms with van der Waals surface area (Å²) < 4.78 is 30.3. The highest BCUT2D eigenvalue weighted by Gasteiger charge is 2.31. The van der Waals surface area contributed by atoms with Gasteiger partial charge in [0.25, 0.3) is 5.91 Å². The highest BCUT2D eigenvalue weighted by Crippen LogP contribution is 2.15. The minimum Gasteiger partial charge on any atom is -0.489 e. The number of sulfonamides is 1. The Balaban J connectivity index is 1.51. The number of carboxylic acids is 1. The van der Waals surface area contributed by atoms with Crippen LogP contribution < -0.4 is 10.1 Å². The third kappa shape index (κ3) is 6.52. The first kappa shape index (κ1) is 23.7. The fourth-order valence-corrected chi connectivity index (χ4v) is 4.28. The van der Waals surface area contributed by atoms with Crippen LogP contribution in [0.15, 0.2) is 54.6 Å². The fraction of sp³-hybridized carbons (Fsp3) is 0.364. The van der Waals surface area contributed by atoms with E-state index in [1.807, 2.05) is 30.3 Å². The van der Waals surface area contributed by atoms with E-state index >= 15 is 0 Å². The van der Waals surface area contributed by atoms with E-state index in [1.54, 1.807) is 29.2 Å². The van der Waals surface area contributed by atoms with Crippen LogP contribution in [0.4, 0.5) is 0 Å². The number of nitrogens with zero attached hydrogens (tertiary/aromatic N) is 2. The summed E-state index contributed by atoms with van der Waals surface area (Å²) >= 11 is 0. The van der Waals surface area contributed by atoms with Gasteiger partial charge in [-0.2, -0.15) is 4.31 Å². The van der Waals surface area contributed by atoms with Gasteiger partial charge in [0.1, 0.15) is 18.4 Å². The highest BCUT2D eigenvalue weighted by atomic mass is 32.2. The zero-order chi connectivity index (χ0) is 23.1.